The first-order valence-electron chi connectivity index (χ1n) is 7.34. The van der Waals surface area contributed by atoms with Gasteiger partial charge in [-0.15, -0.1) is 6.58 Å². The second-order valence-corrected chi connectivity index (χ2v) is 5.11. The lowest BCUT2D eigenvalue weighted by molar-refractivity contribution is -0.133. The molecule has 0 saturated carbocycles. The van der Waals surface area contributed by atoms with Crippen molar-refractivity contribution in [2.24, 2.45) is 5.92 Å². The number of hydrogen-bond acceptors (Lipinski definition) is 2. The van der Waals surface area contributed by atoms with Crippen LogP contribution in [0.25, 0.3) is 0 Å². The lowest BCUT2D eigenvalue weighted by atomic mass is 9.93. The average molecular weight is 263 g/mol. The number of rotatable bonds is 10. The number of Topliss-reactive ketones (excluding diaryl/α,β-unsaturated/α-hetero) is 1. The molecule has 3 nitrogen and oxygen atoms in total. The zero-order chi connectivity index (χ0) is 13.9. The lowest BCUT2D eigenvalue weighted by Gasteiger charge is -2.15. The summed E-state index contributed by atoms with van der Waals surface area (Å²) in [5.41, 5.74) is 0. The highest BCUT2D eigenvalue weighted by Crippen LogP contribution is 2.15. The maximum Gasteiger partial charge on any atom is 0.234 e. The molecule has 1 rings (SSSR count). The summed E-state index contributed by atoms with van der Waals surface area (Å²) in [5, 5.41) is 2.59. The molecule has 1 aliphatic heterocycles. The Bertz CT molecular complexity index is 334. The van der Waals surface area contributed by atoms with Crippen LogP contribution in [0.2, 0.25) is 0 Å². The van der Waals surface area contributed by atoms with Crippen molar-refractivity contribution in [2.45, 2.75) is 57.8 Å². The fourth-order valence-corrected chi connectivity index (χ4v) is 2.30. The Morgan fingerprint density at radius 1 is 1.26 bits per heavy atom. The molecule has 0 aromatic carbocycles. The minimum atomic E-state index is -0.447. The molecule has 0 fully saturated rings. The minimum Gasteiger partial charge on any atom is -0.332 e. The summed E-state index contributed by atoms with van der Waals surface area (Å²) in [6, 6.07) is 0. The van der Waals surface area contributed by atoms with Gasteiger partial charge in [-0.3, -0.25) is 9.59 Å². The van der Waals surface area contributed by atoms with Gasteiger partial charge < -0.3 is 5.32 Å². The molecule has 0 radical (unpaired) electrons. The van der Waals surface area contributed by atoms with Crippen molar-refractivity contribution in [1.82, 2.24) is 5.32 Å². The molecule has 1 aliphatic rings. The summed E-state index contributed by atoms with van der Waals surface area (Å²) in [7, 11) is 0. The molecule has 3 heteroatoms. The molecule has 19 heavy (non-hydrogen) atoms. The second kappa shape index (κ2) is 9.54. The summed E-state index contributed by atoms with van der Waals surface area (Å²) in [4.78, 5) is 23.4. The van der Waals surface area contributed by atoms with E-state index >= 15 is 0 Å². The first kappa shape index (κ1) is 15.7. The molecule has 0 saturated heterocycles. The predicted octanol–water partition coefficient (Wildman–Crippen LogP) is 3.51. The van der Waals surface area contributed by atoms with E-state index in [1.165, 1.54) is 25.7 Å². The Balaban J connectivity index is 2.02. The third-order valence-electron chi connectivity index (χ3n) is 3.50. The lowest BCUT2D eigenvalue weighted by Crippen LogP contribution is -2.34. The van der Waals surface area contributed by atoms with E-state index in [0.29, 0.717) is 12.8 Å². The number of nitrogens with one attached hydrogen (secondary N) is 1. The Morgan fingerprint density at radius 2 is 1.95 bits per heavy atom. The summed E-state index contributed by atoms with van der Waals surface area (Å²) < 4.78 is 0. The smallest absolute Gasteiger partial charge is 0.234 e. The van der Waals surface area contributed by atoms with Crippen molar-refractivity contribution in [3.05, 3.63) is 24.9 Å². The summed E-state index contributed by atoms with van der Waals surface area (Å²) >= 11 is 0. The fourth-order valence-electron chi connectivity index (χ4n) is 2.30. The largest absolute Gasteiger partial charge is 0.332 e. The third-order valence-corrected chi connectivity index (χ3v) is 3.50. The van der Waals surface area contributed by atoms with E-state index in [2.05, 4.69) is 11.9 Å². The number of unbranched alkanes of at least 4 members (excludes halogenated alkanes) is 6. The maximum absolute atomic E-state index is 11.9. The standard InChI is InChI=1S/C16H25NO2/c1-2-3-4-5-6-7-8-9-12-15(18)14-11-10-13-17-16(14)19/h2,10,13-14H,1,3-9,11-12H2,(H,17,19). The van der Waals surface area contributed by atoms with Crippen LogP contribution in [0.1, 0.15) is 57.8 Å². The van der Waals surface area contributed by atoms with Gasteiger partial charge in [-0.2, -0.15) is 0 Å². The molecule has 0 spiro atoms. The van der Waals surface area contributed by atoms with Crippen molar-refractivity contribution in [1.29, 1.82) is 0 Å². The highest BCUT2D eigenvalue weighted by molar-refractivity contribution is 6.02. The van der Waals surface area contributed by atoms with Gasteiger partial charge in [0.25, 0.3) is 0 Å². The highest BCUT2D eigenvalue weighted by atomic mass is 16.2. The van der Waals surface area contributed by atoms with Gasteiger partial charge in [0.1, 0.15) is 11.7 Å². The van der Waals surface area contributed by atoms with Crippen LogP contribution in [0.15, 0.2) is 24.9 Å². The summed E-state index contributed by atoms with van der Waals surface area (Å²) in [6.45, 7) is 3.70. The zero-order valence-corrected chi connectivity index (χ0v) is 11.7. The van der Waals surface area contributed by atoms with E-state index in [1.54, 1.807) is 6.20 Å². The summed E-state index contributed by atoms with van der Waals surface area (Å²) in [5.74, 6) is -0.497. The molecular formula is C16H25NO2. The number of carbonyl (C=O) groups excluding carboxylic acids is 2. The Morgan fingerprint density at radius 3 is 2.63 bits per heavy atom. The van der Waals surface area contributed by atoms with Gasteiger partial charge in [0.2, 0.25) is 5.91 Å². The number of ketones is 1. The van der Waals surface area contributed by atoms with E-state index in [9.17, 15) is 9.59 Å². The molecule has 106 valence electrons. The molecule has 1 unspecified atom stereocenters. The van der Waals surface area contributed by atoms with E-state index in [0.717, 1.165) is 19.3 Å². The Labute approximate surface area is 116 Å². The number of amides is 1. The Kier molecular flexibility index (Phi) is 7.87. The van der Waals surface area contributed by atoms with Crippen LogP contribution in [0.5, 0.6) is 0 Å². The van der Waals surface area contributed by atoms with Gasteiger partial charge in [0, 0.05) is 6.42 Å². The van der Waals surface area contributed by atoms with Gasteiger partial charge in [-0.1, -0.05) is 37.8 Å². The van der Waals surface area contributed by atoms with Gasteiger partial charge in [-0.25, -0.2) is 0 Å². The van der Waals surface area contributed by atoms with Crippen molar-refractivity contribution in [3.8, 4) is 0 Å². The maximum atomic E-state index is 11.9. The average Bonchev–Trinajstić information content (AvgIpc) is 2.42. The van der Waals surface area contributed by atoms with E-state index in [4.69, 9.17) is 0 Å². The predicted molar refractivity (Wildman–Crippen MR) is 77.5 cm³/mol. The van der Waals surface area contributed by atoms with Crippen molar-refractivity contribution >= 4 is 11.7 Å². The van der Waals surface area contributed by atoms with E-state index < -0.39 is 5.92 Å². The molecule has 0 bridgehead atoms. The van der Waals surface area contributed by atoms with Crippen molar-refractivity contribution in [3.63, 3.8) is 0 Å². The van der Waals surface area contributed by atoms with Crippen LogP contribution >= 0.6 is 0 Å². The monoisotopic (exact) mass is 263 g/mol. The molecule has 0 aromatic heterocycles. The first-order chi connectivity index (χ1) is 9.25. The molecule has 1 N–H and O–H groups in total. The normalized spacial score (nSPS) is 18.1. The van der Waals surface area contributed by atoms with Gasteiger partial charge in [0.15, 0.2) is 0 Å². The van der Waals surface area contributed by atoms with Crippen LogP contribution in [0, 0.1) is 5.92 Å². The summed E-state index contributed by atoms with van der Waals surface area (Å²) in [6.07, 6.45) is 14.5. The quantitative estimate of drug-likeness (QED) is 0.372. The van der Waals surface area contributed by atoms with Crippen molar-refractivity contribution in [2.75, 3.05) is 0 Å². The zero-order valence-electron chi connectivity index (χ0n) is 11.7. The van der Waals surface area contributed by atoms with E-state index in [1.807, 2.05) is 12.2 Å². The SMILES string of the molecule is C=CCCCCCCCCC(=O)C1CC=CNC1=O. The molecule has 0 aliphatic carbocycles. The topological polar surface area (TPSA) is 46.2 Å². The molecule has 1 atom stereocenters. The van der Waals surface area contributed by atoms with Crippen LogP contribution in [0.4, 0.5) is 0 Å². The van der Waals surface area contributed by atoms with Crippen LogP contribution in [0.3, 0.4) is 0 Å². The van der Waals surface area contributed by atoms with Gasteiger partial charge in [-0.05, 0) is 31.9 Å². The number of hydrogen-bond donors (Lipinski definition) is 1. The number of carbonyl (C=O) groups is 2. The molecular weight excluding hydrogens is 238 g/mol. The van der Waals surface area contributed by atoms with Gasteiger partial charge in [0.05, 0.1) is 0 Å². The first-order valence-corrected chi connectivity index (χ1v) is 7.34. The van der Waals surface area contributed by atoms with Gasteiger partial charge >= 0.3 is 0 Å². The van der Waals surface area contributed by atoms with Crippen LogP contribution < -0.4 is 5.32 Å². The van der Waals surface area contributed by atoms with Crippen molar-refractivity contribution < 1.29 is 9.59 Å². The molecule has 0 aromatic rings. The minimum absolute atomic E-state index is 0.0912. The number of allylic oxidation sites excluding steroid dienone is 2. The Hall–Kier alpha value is -1.38. The third kappa shape index (κ3) is 6.37. The molecule has 1 heterocycles. The highest BCUT2D eigenvalue weighted by Gasteiger charge is 2.25. The van der Waals surface area contributed by atoms with Crippen LogP contribution in [-0.4, -0.2) is 11.7 Å². The molecule has 1 amide bonds. The second-order valence-electron chi connectivity index (χ2n) is 5.11. The van der Waals surface area contributed by atoms with Crippen LogP contribution in [-0.2, 0) is 9.59 Å². The van der Waals surface area contributed by atoms with E-state index in [-0.39, 0.29) is 11.7 Å². The fraction of sp³-hybridized carbons (Fsp3) is 0.625.